The second-order valence-corrected chi connectivity index (χ2v) is 6.89. The molecule has 4 rings (SSSR count). The fourth-order valence-corrected chi connectivity index (χ4v) is 3.13. The summed E-state index contributed by atoms with van der Waals surface area (Å²) in [6.07, 6.45) is 1.69. The highest BCUT2D eigenvalue weighted by Crippen LogP contribution is 2.22. The maximum Gasteiger partial charge on any atom is 0.282 e. The second kappa shape index (κ2) is 7.72. The summed E-state index contributed by atoms with van der Waals surface area (Å²) in [5.74, 6) is 1.22. The number of methoxy groups -OCH3 is 1. The molecule has 0 saturated carbocycles. The van der Waals surface area contributed by atoms with Crippen molar-refractivity contribution in [2.45, 2.75) is 13.8 Å². The first kappa shape index (κ1) is 18.6. The van der Waals surface area contributed by atoms with Crippen molar-refractivity contribution in [1.82, 2.24) is 9.66 Å². The van der Waals surface area contributed by atoms with Crippen LogP contribution in [0.2, 0.25) is 0 Å². The molecule has 0 atom stereocenters. The number of aromatic nitrogens is 2. The molecule has 0 spiro atoms. The molecule has 0 amide bonds. The van der Waals surface area contributed by atoms with Crippen molar-refractivity contribution in [1.29, 1.82) is 0 Å². The van der Waals surface area contributed by atoms with Crippen LogP contribution in [0.3, 0.4) is 0 Å². The van der Waals surface area contributed by atoms with Gasteiger partial charge in [0.05, 0.1) is 24.2 Å². The van der Waals surface area contributed by atoms with Crippen LogP contribution in [0.15, 0.2) is 76.6 Å². The van der Waals surface area contributed by atoms with Gasteiger partial charge in [0.1, 0.15) is 5.75 Å². The fraction of sp³-hybridized carbons (Fsp3) is 0.125. The van der Waals surface area contributed by atoms with Gasteiger partial charge in [-0.15, -0.1) is 0 Å². The monoisotopic (exact) mass is 383 g/mol. The van der Waals surface area contributed by atoms with E-state index in [2.05, 4.69) is 18.9 Å². The van der Waals surface area contributed by atoms with Gasteiger partial charge in [-0.05, 0) is 66.9 Å². The Bertz CT molecular complexity index is 1270. The maximum atomic E-state index is 13.2. The standard InChI is InChI=1S/C24H21N3O2/c1-16-8-9-18(14-17(16)2)15-25-27-23(19-10-12-20(29-3)13-11-19)26-22-7-5-4-6-21(22)24(27)28/h4-15H,1-3H3. The van der Waals surface area contributed by atoms with Crippen LogP contribution in [0.25, 0.3) is 22.3 Å². The third kappa shape index (κ3) is 3.67. The number of hydrogen-bond donors (Lipinski definition) is 0. The van der Waals surface area contributed by atoms with Crippen molar-refractivity contribution >= 4 is 17.1 Å². The molecule has 0 bridgehead atoms. The van der Waals surface area contributed by atoms with E-state index in [0.717, 1.165) is 16.9 Å². The molecule has 1 aromatic heterocycles. The van der Waals surface area contributed by atoms with E-state index in [-0.39, 0.29) is 5.56 Å². The van der Waals surface area contributed by atoms with Crippen LogP contribution in [0.1, 0.15) is 16.7 Å². The number of nitrogens with zero attached hydrogens (tertiary/aromatic N) is 3. The lowest BCUT2D eigenvalue weighted by atomic mass is 10.1. The van der Waals surface area contributed by atoms with Crippen LogP contribution >= 0.6 is 0 Å². The van der Waals surface area contributed by atoms with Gasteiger partial charge in [0, 0.05) is 5.56 Å². The predicted octanol–water partition coefficient (Wildman–Crippen LogP) is 4.57. The Hall–Kier alpha value is -3.73. The lowest BCUT2D eigenvalue weighted by Crippen LogP contribution is -2.20. The Kier molecular flexibility index (Phi) is 4.96. The normalized spacial score (nSPS) is 11.3. The van der Waals surface area contributed by atoms with Crippen LogP contribution in [0, 0.1) is 13.8 Å². The van der Waals surface area contributed by atoms with Crippen LogP contribution in [-0.4, -0.2) is 23.0 Å². The van der Waals surface area contributed by atoms with Crippen molar-refractivity contribution in [2.75, 3.05) is 7.11 Å². The summed E-state index contributed by atoms with van der Waals surface area (Å²) in [6.45, 7) is 4.12. The summed E-state index contributed by atoms with van der Waals surface area (Å²) in [6, 6.07) is 20.8. The van der Waals surface area contributed by atoms with Gasteiger partial charge in [0.15, 0.2) is 5.82 Å². The fourth-order valence-electron chi connectivity index (χ4n) is 3.13. The maximum absolute atomic E-state index is 13.2. The van der Waals surface area contributed by atoms with E-state index in [1.807, 2.05) is 60.7 Å². The molecule has 0 aliphatic carbocycles. The lowest BCUT2D eigenvalue weighted by molar-refractivity contribution is 0.415. The molecule has 29 heavy (non-hydrogen) atoms. The molecule has 144 valence electrons. The van der Waals surface area contributed by atoms with E-state index in [1.165, 1.54) is 15.8 Å². The molecule has 5 heteroatoms. The number of aryl methyl sites for hydroxylation is 2. The van der Waals surface area contributed by atoms with E-state index in [1.54, 1.807) is 19.4 Å². The summed E-state index contributed by atoms with van der Waals surface area (Å²) in [7, 11) is 1.62. The zero-order chi connectivity index (χ0) is 20.4. The predicted molar refractivity (Wildman–Crippen MR) is 117 cm³/mol. The van der Waals surface area contributed by atoms with E-state index in [0.29, 0.717) is 16.7 Å². The highest BCUT2D eigenvalue weighted by molar-refractivity contribution is 5.82. The van der Waals surface area contributed by atoms with Gasteiger partial charge in [0.25, 0.3) is 5.56 Å². The van der Waals surface area contributed by atoms with E-state index < -0.39 is 0 Å². The lowest BCUT2D eigenvalue weighted by Gasteiger charge is -2.10. The number of fused-ring (bicyclic) bond motifs is 1. The third-order valence-corrected chi connectivity index (χ3v) is 4.96. The molecular weight excluding hydrogens is 362 g/mol. The quantitative estimate of drug-likeness (QED) is 0.485. The Morgan fingerprint density at radius 2 is 1.72 bits per heavy atom. The average molecular weight is 383 g/mol. The average Bonchev–Trinajstić information content (AvgIpc) is 2.75. The minimum Gasteiger partial charge on any atom is -0.497 e. The number of para-hydroxylation sites is 1. The Morgan fingerprint density at radius 1 is 0.966 bits per heavy atom. The molecule has 0 fully saturated rings. The van der Waals surface area contributed by atoms with Gasteiger partial charge in [-0.3, -0.25) is 4.79 Å². The molecule has 1 heterocycles. The van der Waals surface area contributed by atoms with Crippen molar-refractivity contribution < 1.29 is 4.74 Å². The molecule has 0 saturated heterocycles. The molecule has 3 aromatic carbocycles. The molecule has 0 unspecified atom stereocenters. The van der Waals surface area contributed by atoms with Crippen molar-refractivity contribution in [3.63, 3.8) is 0 Å². The Balaban J connectivity index is 1.90. The second-order valence-electron chi connectivity index (χ2n) is 6.89. The first-order valence-electron chi connectivity index (χ1n) is 9.34. The van der Waals surface area contributed by atoms with Gasteiger partial charge in [-0.2, -0.15) is 9.78 Å². The molecular formula is C24H21N3O2. The summed E-state index contributed by atoms with van der Waals surface area (Å²) in [5.41, 5.74) is 4.53. The largest absolute Gasteiger partial charge is 0.497 e. The number of ether oxygens (including phenoxy) is 1. The topological polar surface area (TPSA) is 56.5 Å². The zero-order valence-corrected chi connectivity index (χ0v) is 16.6. The van der Waals surface area contributed by atoms with Crippen LogP contribution in [-0.2, 0) is 0 Å². The number of rotatable bonds is 4. The Labute approximate surface area is 168 Å². The van der Waals surface area contributed by atoms with Crippen LogP contribution < -0.4 is 10.3 Å². The minimum atomic E-state index is -0.207. The molecule has 5 nitrogen and oxygen atoms in total. The van der Waals surface area contributed by atoms with Gasteiger partial charge in [0.2, 0.25) is 0 Å². The van der Waals surface area contributed by atoms with E-state index in [4.69, 9.17) is 9.72 Å². The number of benzene rings is 3. The van der Waals surface area contributed by atoms with Crippen molar-refractivity contribution in [3.8, 4) is 17.1 Å². The summed E-state index contributed by atoms with van der Waals surface area (Å²) in [4.78, 5) is 17.9. The van der Waals surface area contributed by atoms with E-state index in [9.17, 15) is 4.79 Å². The van der Waals surface area contributed by atoms with Crippen LogP contribution in [0.4, 0.5) is 0 Å². The zero-order valence-electron chi connectivity index (χ0n) is 16.6. The van der Waals surface area contributed by atoms with Gasteiger partial charge >= 0.3 is 0 Å². The molecule has 0 radical (unpaired) electrons. The SMILES string of the molecule is COc1ccc(-c2nc3ccccc3c(=O)n2N=Cc2ccc(C)c(C)c2)cc1. The smallest absolute Gasteiger partial charge is 0.282 e. The van der Waals surface area contributed by atoms with Crippen molar-refractivity contribution in [3.05, 3.63) is 93.8 Å². The molecule has 0 aliphatic heterocycles. The summed E-state index contributed by atoms with van der Waals surface area (Å²) >= 11 is 0. The highest BCUT2D eigenvalue weighted by Gasteiger charge is 2.12. The molecule has 0 N–H and O–H groups in total. The first-order chi connectivity index (χ1) is 14.1. The third-order valence-electron chi connectivity index (χ3n) is 4.96. The first-order valence-corrected chi connectivity index (χ1v) is 9.34. The van der Waals surface area contributed by atoms with Gasteiger partial charge in [-0.25, -0.2) is 4.98 Å². The van der Waals surface area contributed by atoms with Gasteiger partial charge < -0.3 is 4.74 Å². The highest BCUT2D eigenvalue weighted by atomic mass is 16.5. The molecule has 4 aromatic rings. The van der Waals surface area contributed by atoms with Gasteiger partial charge in [-0.1, -0.05) is 30.3 Å². The minimum absolute atomic E-state index is 0.207. The summed E-state index contributed by atoms with van der Waals surface area (Å²) in [5, 5.41) is 5.03. The number of hydrogen-bond acceptors (Lipinski definition) is 4. The van der Waals surface area contributed by atoms with Crippen LogP contribution in [0.5, 0.6) is 5.75 Å². The van der Waals surface area contributed by atoms with Crippen molar-refractivity contribution in [2.24, 2.45) is 5.10 Å². The Morgan fingerprint density at radius 3 is 2.45 bits per heavy atom. The van der Waals surface area contributed by atoms with E-state index >= 15 is 0 Å². The summed E-state index contributed by atoms with van der Waals surface area (Å²) < 4.78 is 6.60. The molecule has 0 aliphatic rings.